The fraction of sp³-hybridized carbons (Fsp3) is 0.167. The summed E-state index contributed by atoms with van der Waals surface area (Å²) >= 11 is 0. The molecule has 1 aromatic rings. The van der Waals surface area contributed by atoms with Gasteiger partial charge in [0.05, 0.1) is 7.11 Å². The van der Waals surface area contributed by atoms with Crippen LogP contribution in [0.3, 0.4) is 0 Å². The highest BCUT2D eigenvalue weighted by Gasteiger charge is 1.99. The second-order valence-electron chi connectivity index (χ2n) is 1.86. The van der Waals surface area contributed by atoms with Crippen LogP contribution in [-0.4, -0.2) is 12.1 Å². The highest BCUT2D eigenvalue weighted by atomic mass is 19.1. The van der Waals surface area contributed by atoms with Crippen molar-refractivity contribution in [3.8, 4) is 5.88 Å². The standard InChI is InChI=1S/C6H8FN3O/c1-11-6-3-4(7)2-5(9-6)10-8/h2-3H,8H2,1H3,(H,9,10). The molecule has 1 rings (SSSR count). The van der Waals surface area contributed by atoms with Crippen LogP contribution >= 0.6 is 0 Å². The Morgan fingerprint density at radius 1 is 1.64 bits per heavy atom. The molecule has 0 fully saturated rings. The maximum atomic E-state index is 12.6. The van der Waals surface area contributed by atoms with Crippen LogP contribution in [-0.2, 0) is 0 Å². The summed E-state index contributed by atoms with van der Waals surface area (Å²) in [6.45, 7) is 0. The van der Waals surface area contributed by atoms with Crippen molar-refractivity contribution in [2.45, 2.75) is 0 Å². The number of halogens is 1. The molecule has 4 nitrogen and oxygen atoms in total. The molecule has 0 aromatic carbocycles. The topological polar surface area (TPSA) is 60.2 Å². The van der Waals surface area contributed by atoms with E-state index in [-0.39, 0.29) is 11.7 Å². The first kappa shape index (κ1) is 7.74. The third-order valence-corrected chi connectivity index (χ3v) is 1.12. The lowest BCUT2D eigenvalue weighted by Gasteiger charge is -2.01. The summed E-state index contributed by atoms with van der Waals surface area (Å²) in [7, 11) is 1.40. The highest BCUT2D eigenvalue weighted by molar-refractivity contribution is 5.36. The summed E-state index contributed by atoms with van der Waals surface area (Å²) < 4.78 is 17.3. The number of aromatic nitrogens is 1. The van der Waals surface area contributed by atoms with Crippen molar-refractivity contribution in [1.29, 1.82) is 0 Å². The predicted molar refractivity (Wildman–Crippen MR) is 38.6 cm³/mol. The van der Waals surface area contributed by atoms with Crippen LogP contribution in [0.5, 0.6) is 5.88 Å². The normalized spacial score (nSPS) is 9.36. The number of pyridine rings is 1. The van der Waals surface area contributed by atoms with E-state index < -0.39 is 5.82 Å². The van der Waals surface area contributed by atoms with Crippen LogP contribution < -0.4 is 16.0 Å². The molecule has 0 aliphatic heterocycles. The highest BCUT2D eigenvalue weighted by Crippen LogP contribution is 2.12. The first-order chi connectivity index (χ1) is 5.26. The van der Waals surface area contributed by atoms with Crippen LogP contribution in [0.1, 0.15) is 0 Å². The van der Waals surface area contributed by atoms with E-state index in [1.165, 1.54) is 19.2 Å². The van der Waals surface area contributed by atoms with Crippen LogP contribution in [0.2, 0.25) is 0 Å². The Morgan fingerprint density at radius 2 is 2.36 bits per heavy atom. The van der Waals surface area contributed by atoms with Gasteiger partial charge in [0.15, 0.2) is 0 Å². The average Bonchev–Trinajstić information content (AvgIpc) is 2.03. The van der Waals surface area contributed by atoms with Gasteiger partial charge < -0.3 is 10.2 Å². The molecule has 0 saturated heterocycles. The molecule has 0 amide bonds. The molecule has 0 spiro atoms. The molecule has 3 N–H and O–H groups in total. The number of hydrogen-bond acceptors (Lipinski definition) is 4. The molecule has 0 unspecified atom stereocenters. The number of hydrazine groups is 1. The number of rotatable bonds is 2. The van der Waals surface area contributed by atoms with E-state index in [1.807, 2.05) is 0 Å². The number of nitrogens with one attached hydrogen (secondary N) is 1. The molecule has 0 saturated carbocycles. The van der Waals surface area contributed by atoms with Crippen LogP contribution in [0, 0.1) is 5.82 Å². The van der Waals surface area contributed by atoms with Gasteiger partial charge in [-0.05, 0) is 0 Å². The monoisotopic (exact) mass is 157 g/mol. The zero-order chi connectivity index (χ0) is 8.27. The number of anilines is 1. The molecular weight excluding hydrogens is 149 g/mol. The van der Waals surface area contributed by atoms with Gasteiger partial charge >= 0.3 is 0 Å². The Balaban J connectivity index is 3.02. The van der Waals surface area contributed by atoms with E-state index in [4.69, 9.17) is 10.6 Å². The van der Waals surface area contributed by atoms with E-state index in [0.717, 1.165) is 0 Å². The number of nitrogens with zero attached hydrogens (tertiary/aromatic N) is 1. The van der Waals surface area contributed by atoms with Gasteiger partial charge in [-0.2, -0.15) is 4.98 Å². The number of nitrogen functional groups attached to an aromatic ring is 1. The van der Waals surface area contributed by atoms with Crippen molar-refractivity contribution in [3.63, 3.8) is 0 Å². The zero-order valence-corrected chi connectivity index (χ0v) is 5.97. The van der Waals surface area contributed by atoms with Crippen molar-refractivity contribution in [3.05, 3.63) is 17.9 Å². The minimum absolute atomic E-state index is 0.193. The number of hydrogen-bond donors (Lipinski definition) is 2. The Hall–Kier alpha value is -1.36. The van der Waals surface area contributed by atoms with Crippen LogP contribution in [0.25, 0.3) is 0 Å². The lowest BCUT2D eigenvalue weighted by Crippen LogP contribution is -2.09. The third kappa shape index (κ3) is 1.78. The van der Waals surface area contributed by atoms with Gasteiger partial charge in [-0.3, -0.25) is 0 Å². The van der Waals surface area contributed by atoms with E-state index in [1.54, 1.807) is 0 Å². The molecular formula is C6H8FN3O. The molecule has 0 bridgehead atoms. The minimum Gasteiger partial charge on any atom is -0.481 e. The number of ether oxygens (including phenoxy) is 1. The SMILES string of the molecule is COc1cc(F)cc(NN)n1. The molecule has 5 heteroatoms. The van der Waals surface area contributed by atoms with Crippen LogP contribution in [0.4, 0.5) is 10.2 Å². The first-order valence-corrected chi connectivity index (χ1v) is 2.94. The average molecular weight is 157 g/mol. The van der Waals surface area contributed by atoms with Crippen molar-refractivity contribution in [2.24, 2.45) is 5.84 Å². The number of methoxy groups -OCH3 is 1. The Kier molecular flexibility index (Phi) is 2.22. The molecule has 0 atom stereocenters. The zero-order valence-electron chi connectivity index (χ0n) is 5.97. The summed E-state index contributed by atoms with van der Waals surface area (Å²) in [5.74, 6) is 5.00. The number of nitrogens with two attached hydrogens (primary N) is 1. The van der Waals surface area contributed by atoms with Gasteiger partial charge in [-0.15, -0.1) is 0 Å². The lowest BCUT2D eigenvalue weighted by atomic mass is 10.4. The fourth-order valence-corrected chi connectivity index (χ4v) is 0.652. The van der Waals surface area contributed by atoms with E-state index >= 15 is 0 Å². The fourth-order valence-electron chi connectivity index (χ4n) is 0.652. The first-order valence-electron chi connectivity index (χ1n) is 2.94. The quantitative estimate of drug-likeness (QED) is 0.485. The molecule has 1 aromatic heterocycles. The summed E-state index contributed by atoms with van der Waals surface area (Å²) in [6, 6.07) is 2.34. The Labute approximate surface area is 63.2 Å². The smallest absolute Gasteiger partial charge is 0.217 e. The van der Waals surface area contributed by atoms with Crippen molar-refractivity contribution in [1.82, 2.24) is 4.98 Å². The van der Waals surface area contributed by atoms with E-state index in [2.05, 4.69) is 10.4 Å². The van der Waals surface area contributed by atoms with Crippen LogP contribution in [0.15, 0.2) is 12.1 Å². The molecule has 0 aliphatic rings. The summed E-state index contributed by atoms with van der Waals surface area (Å²) in [5, 5.41) is 0. The van der Waals surface area contributed by atoms with Gasteiger partial charge in [0.25, 0.3) is 0 Å². The van der Waals surface area contributed by atoms with Gasteiger partial charge in [-0.25, -0.2) is 10.2 Å². The van der Waals surface area contributed by atoms with Crippen molar-refractivity contribution < 1.29 is 9.13 Å². The summed E-state index contributed by atoms with van der Waals surface area (Å²) in [5.41, 5.74) is 2.21. The second kappa shape index (κ2) is 3.16. The Morgan fingerprint density at radius 3 is 2.91 bits per heavy atom. The summed E-state index contributed by atoms with van der Waals surface area (Å²) in [6.07, 6.45) is 0. The van der Waals surface area contributed by atoms with Gasteiger partial charge in [0.1, 0.15) is 11.6 Å². The van der Waals surface area contributed by atoms with E-state index in [9.17, 15) is 4.39 Å². The van der Waals surface area contributed by atoms with Crippen molar-refractivity contribution >= 4 is 5.82 Å². The lowest BCUT2D eigenvalue weighted by molar-refractivity contribution is 0.394. The largest absolute Gasteiger partial charge is 0.481 e. The minimum atomic E-state index is -0.440. The predicted octanol–water partition coefficient (Wildman–Crippen LogP) is 0.515. The van der Waals surface area contributed by atoms with Gasteiger partial charge in [0.2, 0.25) is 5.88 Å². The molecule has 0 aliphatic carbocycles. The maximum Gasteiger partial charge on any atom is 0.217 e. The molecule has 0 radical (unpaired) electrons. The molecule has 1 heterocycles. The molecule has 60 valence electrons. The summed E-state index contributed by atoms with van der Waals surface area (Å²) in [4.78, 5) is 3.77. The van der Waals surface area contributed by atoms with Crippen molar-refractivity contribution in [2.75, 3.05) is 12.5 Å². The third-order valence-electron chi connectivity index (χ3n) is 1.12. The molecule has 11 heavy (non-hydrogen) atoms. The Bertz CT molecular complexity index is 231. The van der Waals surface area contributed by atoms with Gasteiger partial charge in [0, 0.05) is 12.1 Å². The van der Waals surface area contributed by atoms with E-state index in [0.29, 0.717) is 0 Å². The second-order valence-corrected chi connectivity index (χ2v) is 1.86. The van der Waals surface area contributed by atoms with Gasteiger partial charge in [-0.1, -0.05) is 0 Å². The maximum absolute atomic E-state index is 12.6.